The summed E-state index contributed by atoms with van der Waals surface area (Å²) in [5.74, 6) is 2.10. The molecule has 1 aliphatic rings. The highest BCUT2D eigenvalue weighted by Crippen LogP contribution is 2.38. The molecular formula is C17H22ClIN4O2S. The molecule has 0 atom stereocenters. The van der Waals surface area contributed by atoms with E-state index in [1.807, 2.05) is 31.0 Å². The van der Waals surface area contributed by atoms with Crippen molar-refractivity contribution in [3.63, 3.8) is 0 Å². The van der Waals surface area contributed by atoms with E-state index in [1.165, 1.54) is 0 Å². The molecule has 1 aromatic heterocycles. The third-order valence-electron chi connectivity index (χ3n) is 3.75. The maximum atomic E-state index is 6.29. The first-order valence-electron chi connectivity index (χ1n) is 7.97. The molecule has 0 saturated heterocycles. The van der Waals surface area contributed by atoms with Crippen molar-refractivity contribution in [2.45, 2.75) is 20.0 Å². The number of halogens is 2. The van der Waals surface area contributed by atoms with E-state index in [1.54, 1.807) is 18.4 Å². The van der Waals surface area contributed by atoms with Crippen LogP contribution in [0.15, 0.2) is 22.5 Å². The highest BCUT2D eigenvalue weighted by Gasteiger charge is 2.17. The van der Waals surface area contributed by atoms with Gasteiger partial charge in [-0.05, 0) is 24.6 Å². The second-order valence-corrected chi connectivity index (χ2v) is 7.19. The Morgan fingerprint density at radius 2 is 2.15 bits per heavy atom. The normalized spacial score (nSPS) is 13.2. The van der Waals surface area contributed by atoms with Gasteiger partial charge in [0.25, 0.3) is 0 Å². The van der Waals surface area contributed by atoms with Crippen LogP contribution in [0.5, 0.6) is 11.5 Å². The number of nitrogens with one attached hydrogen (secondary N) is 1. The van der Waals surface area contributed by atoms with Gasteiger partial charge in [0.2, 0.25) is 0 Å². The molecule has 1 N–H and O–H groups in total. The Labute approximate surface area is 179 Å². The number of aromatic nitrogens is 1. The Morgan fingerprint density at radius 3 is 2.85 bits per heavy atom. The highest BCUT2D eigenvalue weighted by atomic mass is 127. The molecule has 0 saturated carbocycles. The van der Waals surface area contributed by atoms with Gasteiger partial charge in [-0.1, -0.05) is 11.6 Å². The second kappa shape index (κ2) is 9.61. The fourth-order valence-electron chi connectivity index (χ4n) is 2.63. The zero-order valence-corrected chi connectivity index (χ0v) is 18.8. The van der Waals surface area contributed by atoms with E-state index in [4.69, 9.17) is 21.1 Å². The summed E-state index contributed by atoms with van der Waals surface area (Å²) in [6.07, 6.45) is 0. The van der Waals surface area contributed by atoms with Crippen LogP contribution in [0.1, 0.15) is 16.3 Å². The first-order chi connectivity index (χ1) is 12.1. The SMILES string of the molecule is CN=C(NCc1cc(Cl)c2c(c1)OCCO2)N(C)Cc1csc(C)n1.I. The molecule has 0 unspecified atom stereocenters. The van der Waals surface area contributed by atoms with Crippen molar-refractivity contribution in [1.82, 2.24) is 15.2 Å². The zero-order chi connectivity index (χ0) is 17.8. The summed E-state index contributed by atoms with van der Waals surface area (Å²) in [5, 5.41) is 7.04. The Hall–Kier alpha value is -1.26. The topological polar surface area (TPSA) is 59.0 Å². The summed E-state index contributed by atoms with van der Waals surface area (Å²) >= 11 is 7.94. The van der Waals surface area contributed by atoms with Gasteiger partial charge in [-0.15, -0.1) is 35.3 Å². The molecule has 0 aliphatic carbocycles. The predicted molar refractivity (Wildman–Crippen MR) is 116 cm³/mol. The second-order valence-electron chi connectivity index (χ2n) is 5.72. The van der Waals surface area contributed by atoms with Crippen LogP contribution in [0.2, 0.25) is 5.02 Å². The van der Waals surface area contributed by atoms with Gasteiger partial charge in [0.1, 0.15) is 13.2 Å². The van der Waals surface area contributed by atoms with Gasteiger partial charge >= 0.3 is 0 Å². The number of hydrogen-bond donors (Lipinski definition) is 1. The Bertz CT molecular complexity index is 784. The maximum absolute atomic E-state index is 6.29. The van der Waals surface area contributed by atoms with Gasteiger partial charge in [-0.25, -0.2) is 4.98 Å². The highest BCUT2D eigenvalue weighted by molar-refractivity contribution is 14.0. The summed E-state index contributed by atoms with van der Waals surface area (Å²) in [4.78, 5) is 10.9. The number of guanidine groups is 1. The van der Waals surface area contributed by atoms with Crippen molar-refractivity contribution >= 4 is 52.9 Å². The average Bonchev–Trinajstić information content (AvgIpc) is 3.00. The molecule has 0 spiro atoms. The number of hydrogen-bond acceptors (Lipinski definition) is 5. The van der Waals surface area contributed by atoms with Crippen molar-refractivity contribution in [2.24, 2.45) is 4.99 Å². The smallest absolute Gasteiger partial charge is 0.194 e. The van der Waals surface area contributed by atoms with Gasteiger partial charge in [0.15, 0.2) is 17.5 Å². The van der Waals surface area contributed by atoms with E-state index < -0.39 is 0 Å². The molecule has 2 aromatic rings. The van der Waals surface area contributed by atoms with Gasteiger partial charge in [-0.2, -0.15) is 0 Å². The third kappa shape index (κ3) is 5.14. The predicted octanol–water partition coefficient (Wildman–Crippen LogP) is 3.70. The standard InChI is InChI=1S/C17H21ClN4O2S.HI/c1-11-21-13(10-25-11)9-22(3)17(19-2)20-8-12-6-14(18)16-15(7-12)23-4-5-24-16;/h6-7,10H,4-5,8-9H2,1-3H3,(H,19,20);1H. The van der Waals surface area contributed by atoms with Crippen molar-refractivity contribution in [1.29, 1.82) is 0 Å². The molecule has 142 valence electrons. The quantitative estimate of drug-likeness (QED) is 0.388. The fraction of sp³-hybridized carbons (Fsp3) is 0.412. The van der Waals surface area contributed by atoms with Crippen molar-refractivity contribution in [2.75, 3.05) is 27.3 Å². The Balaban J connectivity index is 0.00000243. The van der Waals surface area contributed by atoms with Crippen molar-refractivity contribution in [3.05, 3.63) is 38.8 Å². The molecular weight excluding hydrogens is 487 g/mol. The van der Waals surface area contributed by atoms with E-state index in [0.29, 0.717) is 42.8 Å². The van der Waals surface area contributed by atoms with E-state index >= 15 is 0 Å². The van der Waals surface area contributed by atoms with Gasteiger partial charge in [0, 0.05) is 26.0 Å². The van der Waals surface area contributed by atoms with Crippen LogP contribution in [0.25, 0.3) is 0 Å². The van der Waals surface area contributed by atoms with E-state index in [0.717, 1.165) is 22.2 Å². The molecule has 0 amide bonds. The van der Waals surface area contributed by atoms with E-state index in [9.17, 15) is 0 Å². The van der Waals surface area contributed by atoms with Crippen molar-refractivity contribution < 1.29 is 9.47 Å². The van der Waals surface area contributed by atoms with Crippen molar-refractivity contribution in [3.8, 4) is 11.5 Å². The largest absolute Gasteiger partial charge is 0.486 e. The molecule has 1 aliphatic heterocycles. The van der Waals surface area contributed by atoms with Crippen LogP contribution in [-0.4, -0.2) is 43.2 Å². The summed E-state index contributed by atoms with van der Waals surface area (Å²) in [7, 11) is 3.75. The number of thiazole rings is 1. The van der Waals surface area contributed by atoms with Crippen LogP contribution in [0, 0.1) is 6.92 Å². The summed E-state index contributed by atoms with van der Waals surface area (Å²) in [6, 6.07) is 3.84. The minimum absolute atomic E-state index is 0. The average molecular weight is 509 g/mol. The lowest BCUT2D eigenvalue weighted by molar-refractivity contribution is 0.171. The minimum atomic E-state index is 0. The number of fused-ring (bicyclic) bond motifs is 1. The lowest BCUT2D eigenvalue weighted by Gasteiger charge is -2.23. The first kappa shape index (κ1) is 21.0. The van der Waals surface area contributed by atoms with E-state index in [2.05, 4.69) is 20.7 Å². The molecule has 3 rings (SSSR count). The Morgan fingerprint density at radius 1 is 1.38 bits per heavy atom. The molecule has 1 aromatic carbocycles. The lowest BCUT2D eigenvalue weighted by atomic mass is 10.2. The number of benzene rings is 1. The number of ether oxygens (including phenoxy) is 2. The number of aliphatic imine (C=N–C) groups is 1. The summed E-state index contributed by atoms with van der Waals surface area (Å²) < 4.78 is 11.2. The molecule has 6 nitrogen and oxygen atoms in total. The molecule has 2 heterocycles. The molecule has 0 bridgehead atoms. The lowest BCUT2D eigenvalue weighted by Crippen LogP contribution is -2.38. The number of rotatable bonds is 4. The molecule has 9 heteroatoms. The third-order valence-corrected chi connectivity index (χ3v) is 4.85. The van der Waals surface area contributed by atoms with Gasteiger partial charge < -0.3 is 19.7 Å². The summed E-state index contributed by atoms with van der Waals surface area (Å²) in [5.41, 5.74) is 2.05. The minimum Gasteiger partial charge on any atom is -0.486 e. The molecule has 0 radical (unpaired) electrons. The first-order valence-corrected chi connectivity index (χ1v) is 9.23. The van der Waals surface area contributed by atoms with Crippen LogP contribution >= 0.6 is 46.9 Å². The molecule has 26 heavy (non-hydrogen) atoms. The fourth-order valence-corrected chi connectivity index (χ4v) is 3.52. The van der Waals surface area contributed by atoms with Gasteiger partial charge in [0.05, 0.1) is 22.3 Å². The van der Waals surface area contributed by atoms with Crippen LogP contribution in [0.3, 0.4) is 0 Å². The molecule has 0 fully saturated rings. The van der Waals surface area contributed by atoms with E-state index in [-0.39, 0.29) is 24.0 Å². The summed E-state index contributed by atoms with van der Waals surface area (Å²) in [6.45, 7) is 4.36. The van der Waals surface area contributed by atoms with Crippen LogP contribution in [0.4, 0.5) is 0 Å². The van der Waals surface area contributed by atoms with Crippen LogP contribution in [-0.2, 0) is 13.1 Å². The number of nitrogens with zero attached hydrogens (tertiary/aromatic N) is 3. The van der Waals surface area contributed by atoms with Crippen LogP contribution < -0.4 is 14.8 Å². The Kier molecular flexibility index (Phi) is 7.78. The maximum Gasteiger partial charge on any atom is 0.194 e. The number of aryl methyl sites for hydroxylation is 1. The van der Waals surface area contributed by atoms with Gasteiger partial charge in [-0.3, -0.25) is 4.99 Å². The monoisotopic (exact) mass is 508 g/mol. The zero-order valence-electron chi connectivity index (χ0n) is 14.9.